The predicted molar refractivity (Wildman–Crippen MR) is 173 cm³/mol. The second-order valence-electron chi connectivity index (χ2n) is 11.5. The number of fused-ring (bicyclic) bond motifs is 1. The number of hydrogen-bond acceptors (Lipinski definition) is 5. The second kappa shape index (κ2) is 13.8. The molecule has 1 aliphatic heterocycles. The molecular weight excluding hydrogens is 584 g/mol. The Morgan fingerprint density at radius 1 is 1.30 bits per heavy atom. The van der Waals surface area contributed by atoms with Gasteiger partial charge in [-0.2, -0.15) is 4.98 Å². The van der Waals surface area contributed by atoms with E-state index in [9.17, 15) is 4.79 Å². The van der Waals surface area contributed by atoms with Crippen LogP contribution in [-0.4, -0.2) is 39.0 Å². The first-order valence-electron chi connectivity index (χ1n) is 15.0. The van der Waals surface area contributed by atoms with Crippen LogP contribution in [0.15, 0.2) is 60.0 Å². The Balaban J connectivity index is 1.37. The molecule has 5 rings (SSSR count). The smallest absolute Gasteiger partial charge is 0.354 e. The van der Waals surface area contributed by atoms with E-state index in [1.807, 2.05) is 0 Å². The topological polar surface area (TPSA) is 125 Å². The van der Waals surface area contributed by atoms with E-state index in [1.165, 1.54) is 10.6 Å². The molecule has 8 nitrogen and oxygen atoms in total. The van der Waals surface area contributed by atoms with Crippen molar-refractivity contribution in [2.45, 2.75) is 70.0 Å². The van der Waals surface area contributed by atoms with Crippen molar-refractivity contribution in [1.29, 1.82) is 5.41 Å². The van der Waals surface area contributed by atoms with Crippen molar-refractivity contribution in [2.75, 3.05) is 6.54 Å². The van der Waals surface area contributed by atoms with Crippen LogP contribution in [-0.2, 0) is 6.42 Å². The summed E-state index contributed by atoms with van der Waals surface area (Å²) in [6.07, 6.45) is 9.11. The molecule has 0 saturated carbocycles. The van der Waals surface area contributed by atoms with Crippen molar-refractivity contribution in [3.05, 3.63) is 93.5 Å². The van der Waals surface area contributed by atoms with E-state index in [0.717, 1.165) is 44.1 Å². The van der Waals surface area contributed by atoms with E-state index in [0.29, 0.717) is 46.8 Å². The summed E-state index contributed by atoms with van der Waals surface area (Å²) in [7, 11) is 0. The summed E-state index contributed by atoms with van der Waals surface area (Å²) in [4.78, 5) is 20.2. The van der Waals surface area contributed by atoms with Gasteiger partial charge < -0.3 is 21.4 Å². The summed E-state index contributed by atoms with van der Waals surface area (Å²) >= 11 is 6.24. The summed E-state index contributed by atoms with van der Waals surface area (Å²) in [6, 6.07) is 9.83. The van der Waals surface area contributed by atoms with Gasteiger partial charge in [0.1, 0.15) is 11.5 Å². The average Bonchev–Trinajstić information content (AvgIpc) is 3.40. The van der Waals surface area contributed by atoms with Crippen LogP contribution in [0.3, 0.4) is 0 Å². The van der Waals surface area contributed by atoms with Crippen LogP contribution in [0.4, 0.5) is 8.78 Å². The molecule has 232 valence electrons. The molecule has 4 aromatic rings. The third-order valence-corrected chi connectivity index (χ3v) is 8.47. The van der Waals surface area contributed by atoms with Crippen molar-refractivity contribution in [3.8, 4) is 16.9 Å². The molecule has 2 aromatic heterocycles. The largest absolute Gasteiger partial charge is 0.374 e. The van der Waals surface area contributed by atoms with Gasteiger partial charge in [-0.3, -0.25) is 9.98 Å². The van der Waals surface area contributed by atoms with E-state index in [1.54, 1.807) is 49.5 Å². The van der Waals surface area contributed by atoms with Crippen molar-refractivity contribution in [3.63, 3.8) is 0 Å². The summed E-state index contributed by atoms with van der Waals surface area (Å²) < 4.78 is 31.9. The first-order valence-corrected chi connectivity index (χ1v) is 15.3. The lowest BCUT2D eigenvalue weighted by Gasteiger charge is -2.32. The molecule has 0 amide bonds. The van der Waals surface area contributed by atoms with Crippen molar-refractivity contribution in [1.82, 2.24) is 25.2 Å². The number of aromatic nitrogens is 3. The van der Waals surface area contributed by atoms with E-state index in [-0.39, 0.29) is 28.7 Å². The van der Waals surface area contributed by atoms with E-state index >= 15 is 8.78 Å². The third kappa shape index (κ3) is 7.26. The van der Waals surface area contributed by atoms with Crippen LogP contribution in [0.2, 0.25) is 5.02 Å². The van der Waals surface area contributed by atoms with E-state index in [2.05, 4.69) is 27.2 Å². The Morgan fingerprint density at radius 3 is 2.86 bits per heavy atom. The van der Waals surface area contributed by atoms with Crippen molar-refractivity contribution in [2.24, 2.45) is 5.73 Å². The maximum atomic E-state index is 15.5. The SMILES string of the molecule is C=C[C@H](N)CCCc1cc(Cl)c(F)c(-c2cc3cn(-c4ccc([C@@H]5CCC[C@@H](CCNC(C)=N)N5)c(F)c4)c(=O)nc3[nH]2)c1. The van der Waals surface area contributed by atoms with Gasteiger partial charge in [-0.1, -0.05) is 30.2 Å². The lowest BCUT2D eigenvalue weighted by molar-refractivity contribution is 0.307. The van der Waals surface area contributed by atoms with Gasteiger partial charge in [-0.25, -0.2) is 13.6 Å². The zero-order chi connectivity index (χ0) is 31.4. The number of aromatic amines is 1. The lowest BCUT2D eigenvalue weighted by atomic mass is 9.91. The molecular formula is C33H38ClF2N7O. The molecule has 6 N–H and O–H groups in total. The number of nitrogens with zero attached hydrogens (tertiary/aromatic N) is 2. The minimum atomic E-state index is -0.589. The van der Waals surface area contributed by atoms with Gasteiger partial charge in [0, 0.05) is 47.4 Å². The minimum absolute atomic E-state index is 0.00387. The van der Waals surface area contributed by atoms with Crippen LogP contribution in [0.25, 0.3) is 28.0 Å². The summed E-state index contributed by atoms with van der Waals surface area (Å²) in [5.41, 5.74) is 8.10. The van der Waals surface area contributed by atoms with Crippen LogP contribution in [0.1, 0.15) is 62.6 Å². The highest BCUT2D eigenvalue weighted by molar-refractivity contribution is 6.31. The highest BCUT2D eigenvalue weighted by atomic mass is 35.5. The monoisotopic (exact) mass is 621 g/mol. The van der Waals surface area contributed by atoms with Gasteiger partial charge in [-0.05, 0) is 81.3 Å². The molecule has 0 radical (unpaired) electrons. The number of aryl methyl sites for hydroxylation is 1. The number of amidine groups is 1. The fourth-order valence-corrected chi connectivity index (χ4v) is 6.09. The quantitative estimate of drug-likeness (QED) is 0.0763. The van der Waals surface area contributed by atoms with Gasteiger partial charge in [-0.15, -0.1) is 6.58 Å². The molecule has 2 aromatic carbocycles. The molecule has 0 unspecified atom stereocenters. The number of piperidine rings is 1. The molecule has 1 aliphatic rings. The number of rotatable bonds is 11. The standard InChI is InChI=1S/C33H38ClF2N7O/c1-3-22(38)7-4-6-20-14-26(31(36)27(34)15-20)30-16-21-18-43(33(44)42-32(21)41-30)24-10-11-25(28(35)17-24)29-9-5-8-23(40-29)12-13-39-19(2)37/h3,10-11,14-18,22-23,29,40H,1,4-9,12-13,38H2,2H3,(H2,37,39)(H,41,42,44)/t22-,23-,29-/m0/s1. The fourth-order valence-electron chi connectivity index (χ4n) is 5.84. The Bertz CT molecular complexity index is 1730. The number of H-pyrrole nitrogens is 1. The Hall–Kier alpha value is -3.86. The normalized spacial score (nSPS) is 17.5. The molecule has 0 aliphatic carbocycles. The second-order valence-corrected chi connectivity index (χ2v) is 11.9. The molecule has 3 atom stereocenters. The number of nitrogens with one attached hydrogen (secondary N) is 4. The van der Waals surface area contributed by atoms with Crippen LogP contribution in [0.5, 0.6) is 0 Å². The van der Waals surface area contributed by atoms with E-state index < -0.39 is 17.3 Å². The zero-order valence-corrected chi connectivity index (χ0v) is 25.5. The van der Waals surface area contributed by atoms with Gasteiger partial charge >= 0.3 is 5.69 Å². The van der Waals surface area contributed by atoms with Gasteiger partial charge in [0.05, 0.1) is 22.2 Å². The number of nitrogens with two attached hydrogens (primary N) is 1. The highest BCUT2D eigenvalue weighted by Crippen LogP contribution is 2.32. The summed E-state index contributed by atoms with van der Waals surface area (Å²) in [5.74, 6) is -0.546. The van der Waals surface area contributed by atoms with Crippen LogP contribution >= 0.6 is 11.6 Å². The molecule has 0 bridgehead atoms. The molecule has 1 saturated heterocycles. The number of hydrogen-bond donors (Lipinski definition) is 5. The summed E-state index contributed by atoms with van der Waals surface area (Å²) in [5, 5.41) is 14.7. The van der Waals surface area contributed by atoms with E-state index in [4.69, 9.17) is 22.7 Å². The summed E-state index contributed by atoms with van der Waals surface area (Å²) in [6.45, 7) is 6.10. The Kier molecular flexibility index (Phi) is 9.93. The average molecular weight is 622 g/mol. The van der Waals surface area contributed by atoms with Crippen molar-refractivity contribution >= 4 is 28.5 Å². The Morgan fingerprint density at radius 2 is 2.11 bits per heavy atom. The molecule has 11 heteroatoms. The molecule has 44 heavy (non-hydrogen) atoms. The van der Waals surface area contributed by atoms with Crippen LogP contribution < -0.4 is 22.1 Å². The number of halogens is 3. The van der Waals surface area contributed by atoms with Gasteiger partial charge in [0.2, 0.25) is 0 Å². The highest BCUT2D eigenvalue weighted by Gasteiger charge is 2.24. The fraction of sp³-hybridized carbons (Fsp3) is 0.364. The minimum Gasteiger partial charge on any atom is -0.374 e. The van der Waals surface area contributed by atoms with Crippen molar-refractivity contribution < 1.29 is 8.78 Å². The predicted octanol–water partition coefficient (Wildman–Crippen LogP) is 6.31. The number of benzene rings is 2. The molecule has 3 heterocycles. The first-order chi connectivity index (χ1) is 21.1. The molecule has 0 spiro atoms. The van der Waals surface area contributed by atoms with Crippen LogP contribution in [0, 0.1) is 17.0 Å². The zero-order valence-electron chi connectivity index (χ0n) is 24.7. The third-order valence-electron chi connectivity index (χ3n) is 8.19. The Labute approximate surface area is 260 Å². The first kappa shape index (κ1) is 31.6. The molecule has 1 fully saturated rings. The maximum Gasteiger partial charge on any atom is 0.354 e. The van der Waals surface area contributed by atoms with Gasteiger partial charge in [0.15, 0.2) is 5.82 Å². The lowest BCUT2D eigenvalue weighted by Crippen LogP contribution is -2.39. The maximum absolute atomic E-state index is 15.5. The van der Waals surface area contributed by atoms with Gasteiger partial charge in [0.25, 0.3) is 0 Å².